The zero-order chi connectivity index (χ0) is 18.4. The Morgan fingerprint density at radius 1 is 1.12 bits per heavy atom. The second-order valence-corrected chi connectivity index (χ2v) is 7.58. The number of nitrogens with one attached hydrogen (secondary N) is 2. The highest BCUT2D eigenvalue weighted by molar-refractivity contribution is 8.01. The van der Waals surface area contributed by atoms with Gasteiger partial charge in [-0.15, -0.1) is 11.8 Å². The molecule has 0 saturated heterocycles. The van der Waals surface area contributed by atoms with Crippen molar-refractivity contribution in [3.05, 3.63) is 58.6 Å². The van der Waals surface area contributed by atoms with Crippen LogP contribution in [0.2, 0.25) is 5.02 Å². The number of rotatable bonds is 6. The summed E-state index contributed by atoms with van der Waals surface area (Å²) in [6.07, 6.45) is 0. The Bertz CT molecular complexity index is 780. The molecular weight excluding hydrogens is 356 g/mol. The van der Waals surface area contributed by atoms with E-state index in [1.807, 2.05) is 44.2 Å². The van der Waals surface area contributed by atoms with Crippen molar-refractivity contribution in [3.8, 4) is 0 Å². The normalized spacial score (nSPS) is 11.7. The molecule has 132 valence electrons. The Labute approximate surface area is 157 Å². The Morgan fingerprint density at radius 2 is 1.88 bits per heavy atom. The molecular formula is C19H21ClN2O2S. The average Bonchev–Trinajstić information content (AvgIpc) is 2.56. The SMILES string of the molecule is Cc1cccc(NC(=O)CSC(C)C(=O)Nc2cc(Cl)ccc2C)c1. The van der Waals surface area contributed by atoms with Crippen molar-refractivity contribution in [1.82, 2.24) is 0 Å². The van der Waals surface area contributed by atoms with Crippen molar-refractivity contribution < 1.29 is 9.59 Å². The van der Waals surface area contributed by atoms with Crippen molar-refractivity contribution in [3.63, 3.8) is 0 Å². The van der Waals surface area contributed by atoms with E-state index < -0.39 is 0 Å². The zero-order valence-electron chi connectivity index (χ0n) is 14.4. The van der Waals surface area contributed by atoms with Crippen LogP contribution in [0, 0.1) is 13.8 Å². The maximum atomic E-state index is 12.3. The highest BCUT2D eigenvalue weighted by Gasteiger charge is 2.16. The highest BCUT2D eigenvalue weighted by atomic mass is 35.5. The van der Waals surface area contributed by atoms with Crippen LogP contribution in [-0.4, -0.2) is 22.8 Å². The lowest BCUT2D eigenvalue weighted by Crippen LogP contribution is -2.25. The fourth-order valence-electron chi connectivity index (χ4n) is 2.16. The van der Waals surface area contributed by atoms with E-state index in [1.54, 1.807) is 19.1 Å². The molecule has 0 saturated carbocycles. The van der Waals surface area contributed by atoms with Crippen molar-refractivity contribution in [1.29, 1.82) is 0 Å². The first kappa shape index (κ1) is 19.3. The van der Waals surface area contributed by atoms with Gasteiger partial charge in [-0.25, -0.2) is 0 Å². The first-order chi connectivity index (χ1) is 11.8. The monoisotopic (exact) mass is 376 g/mol. The summed E-state index contributed by atoms with van der Waals surface area (Å²) < 4.78 is 0. The lowest BCUT2D eigenvalue weighted by Gasteiger charge is -2.14. The van der Waals surface area contributed by atoms with Gasteiger partial charge in [0.15, 0.2) is 0 Å². The van der Waals surface area contributed by atoms with Crippen molar-refractivity contribution >= 4 is 46.6 Å². The van der Waals surface area contributed by atoms with Crippen LogP contribution in [-0.2, 0) is 9.59 Å². The fraction of sp³-hybridized carbons (Fsp3) is 0.263. The van der Waals surface area contributed by atoms with Crippen LogP contribution in [0.25, 0.3) is 0 Å². The maximum absolute atomic E-state index is 12.3. The Hall–Kier alpha value is -1.98. The van der Waals surface area contributed by atoms with Gasteiger partial charge in [-0.3, -0.25) is 9.59 Å². The van der Waals surface area contributed by atoms with E-state index in [0.717, 1.165) is 16.8 Å². The van der Waals surface area contributed by atoms with Gasteiger partial charge in [0.2, 0.25) is 11.8 Å². The summed E-state index contributed by atoms with van der Waals surface area (Å²) >= 11 is 7.25. The van der Waals surface area contributed by atoms with E-state index in [0.29, 0.717) is 10.7 Å². The summed E-state index contributed by atoms with van der Waals surface area (Å²) in [5.41, 5.74) is 3.47. The van der Waals surface area contributed by atoms with Crippen molar-refractivity contribution in [2.45, 2.75) is 26.0 Å². The van der Waals surface area contributed by atoms with Gasteiger partial charge >= 0.3 is 0 Å². The highest BCUT2D eigenvalue weighted by Crippen LogP contribution is 2.22. The van der Waals surface area contributed by atoms with E-state index in [1.165, 1.54) is 11.8 Å². The number of carbonyl (C=O) groups is 2. The quantitative estimate of drug-likeness (QED) is 0.771. The lowest BCUT2D eigenvalue weighted by atomic mass is 10.2. The molecule has 0 spiro atoms. The third-order valence-electron chi connectivity index (χ3n) is 3.59. The minimum Gasteiger partial charge on any atom is -0.325 e. The van der Waals surface area contributed by atoms with Gasteiger partial charge in [-0.1, -0.05) is 29.8 Å². The molecule has 6 heteroatoms. The molecule has 0 aliphatic rings. The van der Waals surface area contributed by atoms with E-state index in [9.17, 15) is 9.59 Å². The number of carbonyl (C=O) groups excluding carboxylic acids is 2. The number of halogens is 1. The standard InChI is InChI=1S/C19H21ClN2O2S/c1-12-5-4-6-16(9-12)21-18(23)11-25-14(3)19(24)22-17-10-15(20)8-7-13(17)2/h4-10,14H,11H2,1-3H3,(H,21,23)(H,22,24). The number of thioether (sulfide) groups is 1. The second-order valence-electron chi connectivity index (χ2n) is 5.82. The number of hydrogen-bond donors (Lipinski definition) is 2. The van der Waals surface area contributed by atoms with E-state index in [2.05, 4.69) is 10.6 Å². The molecule has 25 heavy (non-hydrogen) atoms. The molecule has 2 N–H and O–H groups in total. The van der Waals surface area contributed by atoms with Gasteiger partial charge in [0.05, 0.1) is 11.0 Å². The smallest absolute Gasteiger partial charge is 0.237 e. The number of hydrogen-bond acceptors (Lipinski definition) is 3. The predicted octanol–water partition coefficient (Wildman–Crippen LogP) is 4.66. The number of anilines is 2. The minimum absolute atomic E-state index is 0.130. The Kier molecular flexibility index (Phi) is 6.91. The van der Waals surface area contributed by atoms with E-state index >= 15 is 0 Å². The molecule has 2 aromatic carbocycles. The van der Waals surface area contributed by atoms with E-state index in [-0.39, 0.29) is 22.8 Å². The lowest BCUT2D eigenvalue weighted by molar-refractivity contribution is -0.115. The predicted molar refractivity (Wildman–Crippen MR) is 107 cm³/mol. The Morgan fingerprint density at radius 3 is 2.60 bits per heavy atom. The summed E-state index contributed by atoms with van der Waals surface area (Å²) in [4.78, 5) is 24.3. The second kappa shape index (κ2) is 8.92. The van der Waals surface area contributed by atoms with Gasteiger partial charge in [0.1, 0.15) is 0 Å². The van der Waals surface area contributed by atoms with Crippen LogP contribution in [0.15, 0.2) is 42.5 Å². The van der Waals surface area contributed by atoms with Gasteiger partial charge in [-0.2, -0.15) is 0 Å². The number of aryl methyl sites for hydroxylation is 2. The van der Waals surface area contributed by atoms with Gasteiger partial charge in [-0.05, 0) is 56.2 Å². The third-order valence-corrected chi connectivity index (χ3v) is 4.97. The summed E-state index contributed by atoms with van der Waals surface area (Å²) in [7, 11) is 0. The van der Waals surface area contributed by atoms with Crippen LogP contribution < -0.4 is 10.6 Å². The molecule has 0 aliphatic carbocycles. The molecule has 2 amide bonds. The molecule has 0 aliphatic heterocycles. The number of benzene rings is 2. The molecule has 0 fully saturated rings. The van der Waals surface area contributed by atoms with Crippen LogP contribution in [0.4, 0.5) is 11.4 Å². The van der Waals surface area contributed by atoms with Gasteiger partial charge in [0, 0.05) is 16.4 Å². The molecule has 2 aromatic rings. The minimum atomic E-state index is -0.360. The maximum Gasteiger partial charge on any atom is 0.237 e. The summed E-state index contributed by atoms with van der Waals surface area (Å²) in [6, 6.07) is 13.0. The Balaban J connectivity index is 1.84. The average molecular weight is 377 g/mol. The van der Waals surface area contributed by atoms with Crippen LogP contribution in [0.5, 0.6) is 0 Å². The van der Waals surface area contributed by atoms with Crippen LogP contribution in [0.1, 0.15) is 18.1 Å². The molecule has 0 heterocycles. The molecule has 2 rings (SSSR count). The first-order valence-electron chi connectivity index (χ1n) is 7.90. The zero-order valence-corrected chi connectivity index (χ0v) is 16.0. The van der Waals surface area contributed by atoms with Crippen molar-refractivity contribution in [2.75, 3.05) is 16.4 Å². The fourth-order valence-corrected chi connectivity index (χ4v) is 3.02. The van der Waals surface area contributed by atoms with Gasteiger partial charge in [0.25, 0.3) is 0 Å². The summed E-state index contributed by atoms with van der Waals surface area (Å²) in [5, 5.41) is 5.90. The van der Waals surface area contributed by atoms with Gasteiger partial charge < -0.3 is 10.6 Å². The molecule has 1 unspecified atom stereocenters. The molecule has 1 atom stereocenters. The molecule has 0 bridgehead atoms. The first-order valence-corrected chi connectivity index (χ1v) is 9.33. The summed E-state index contributed by atoms with van der Waals surface area (Å²) in [5.74, 6) is -0.0789. The summed E-state index contributed by atoms with van der Waals surface area (Å²) in [6.45, 7) is 5.65. The van der Waals surface area contributed by atoms with Crippen LogP contribution >= 0.6 is 23.4 Å². The van der Waals surface area contributed by atoms with Crippen LogP contribution in [0.3, 0.4) is 0 Å². The molecule has 0 aromatic heterocycles. The van der Waals surface area contributed by atoms with E-state index in [4.69, 9.17) is 11.6 Å². The third kappa shape index (κ3) is 6.11. The molecule has 4 nitrogen and oxygen atoms in total. The van der Waals surface area contributed by atoms with Crippen molar-refractivity contribution in [2.24, 2.45) is 0 Å². The topological polar surface area (TPSA) is 58.2 Å². The number of amides is 2. The largest absolute Gasteiger partial charge is 0.325 e. The molecule has 0 radical (unpaired) electrons.